The summed E-state index contributed by atoms with van der Waals surface area (Å²) in [6, 6.07) is 0. The fourth-order valence-corrected chi connectivity index (χ4v) is 12.7. The first-order valence-electron chi connectivity index (χ1n) is 11.9. The number of hydrogen-bond donors (Lipinski definition) is 0. The molecule has 0 aliphatic rings. The third-order valence-electron chi connectivity index (χ3n) is 6.00. The van der Waals surface area contributed by atoms with Gasteiger partial charge in [-0.05, 0) is 52.4 Å². The zero-order valence-electron chi connectivity index (χ0n) is 21.5. The smallest absolute Gasteiger partial charge is 0.00211 e. The van der Waals surface area contributed by atoms with Crippen molar-refractivity contribution in [2.45, 2.75) is 117 Å². The molecule has 1 nitrogen and oxygen atoms in total. The average molecular weight is 450 g/mol. The van der Waals surface area contributed by atoms with Crippen LogP contribution in [0.4, 0.5) is 0 Å². The van der Waals surface area contributed by atoms with Gasteiger partial charge in [-0.1, -0.05) is 83.1 Å². The maximum Gasteiger partial charge on any atom is 0.00211 e. The molecule has 0 aliphatic heterocycles. The predicted octanol–water partition coefficient (Wildman–Crippen LogP) is 8.18. The Morgan fingerprint density at radius 2 is 0.571 bits per heavy atom. The topological polar surface area (TPSA) is 3.24 Å². The Balaban J connectivity index is 5.03. The second-order valence-electron chi connectivity index (χ2n) is 10.1. The number of rotatable bonds is 15. The van der Waals surface area contributed by atoms with Gasteiger partial charge in [0.2, 0.25) is 0 Å². The molecule has 0 fully saturated rings. The Labute approximate surface area is 183 Å². The van der Waals surface area contributed by atoms with Gasteiger partial charge in [0.25, 0.3) is 0 Å². The van der Waals surface area contributed by atoms with E-state index in [1.807, 2.05) is 0 Å². The van der Waals surface area contributed by atoms with E-state index in [0.717, 1.165) is 34.0 Å². The van der Waals surface area contributed by atoms with Crippen molar-refractivity contribution >= 4 is 23.8 Å². The van der Waals surface area contributed by atoms with E-state index in [1.165, 1.54) is 38.1 Å². The van der Waals surface area contributed by atoms with Crippen molar-refractivity contribution in [3.8, 4) is 0 Å². The Hall–Kier alpha value is 1.25. The Morgan fingerprint density at radius 1 is 0.393 bits per heavy atom. The highest BCUT2D eigenvalue weighted by Crippen LogP contribution is 2.48. The largest absolute Gasteiger partial charge is 0.302 e. The Morgan fingerprint density at radius 3 is 0.714 bits per heavy atom. The lowest BCUT2D eigenvalue weighted by molar-refractivity contribution is 0.326. The van der Waals surface area contributed by atoms with E-state index in [0.29, 0.717) is 0 Å². The molecule has 0 bridgehead atoms. The van der Waals surface area contributed by atoms with Gasteiger partial charge in [0, 0.05) is 19.6 Å². The maximum atomic E-state index is 2.88. The monoisotopic (exact) mass is 449 g/mol. The summed E-state index contributed by atoms with van der Waals surface area (Å²) < 4.78 is 0. The fraction of sp³-hybridized carbons (Fsp3) is 1.00. The van der Waals surface area contributed by atoms with Gasteiger partial charge in [0.1, 0.15) is 0 Å². The maximum absolute atomic E-state index is 2.88. The highest BCUT2D eigenvalue weighted by Gasteiger charge is 2.22. The Kier molecular flexibility index (Phi) is 15.8. The third kappa shape index (κ3) is 11.6. The van der Waals surface area contributed by atoms with Gasteiger partial charge in [-0.3, -0.25) is 0 Å². The van der Waals surface area contributed by atoms with Gasteiger partial charge in [0.15, 0.2) is 0 Å². The molecule has 0 amide bonds. The minimum absolute atomic E-state index is 0.156. The van der Waals surface area contributed by atoms with Crippen molar-refractivity contribution in [2.75, 3.05) is 38.1 Å². The lowest BCUT2D eigenvalue weighted by Crippen LogP contribution is -2.34. The Bertz CT molecular complexity index is 299. The van der Waals surface area contributed by atoms with Crippen molar-refractivity contribution in [1.29, 1.82) is 0 Å². The van der Waals surface area contributed by atoms with Crippen molar-refractivity contribution < 1.29 is 0 Å². The van der Waals surface area contributed by atoms with Crippen molar-refractivity contribution in [3.05, 3.63) is 0 Å². The van der Waals surface area contributed by atoms with Crippen LogP contribution in [0.25, 0.3) is 0 Å². The molecule has 0 rings (SSSR count). The van der Waals surface area contributed by atoms with E-state index < -0.39 is 0 Å². The summed E-state index contributed by atoms with van der Waals surface area (Å²) in [5.74, 6) is 0. The molecule has 0 N–H and O–H groups in total. The van der Waals surface area contributed by atoms with E-state index in [2.05, 4.69) is 88.0 Å². The van der Waals surface area contributed by atoms with Crippen LogP contribution in [0.15, 0.2) is 0 Å². The van der Waals surface area contributed by atoms with Crippen molar-refractivity contribution in [3.63, 3.8) is 0 Å². The SMILES string of the molecule is CC(C)P(CCN(CCP(C(C)C)C(C)C)CCP(C(C)C)C(C)C)C(C)C. The first kappa shape index (κ1) is 29.2. The van der Waals surface area contributed by atoms with E-state index in [-0.39, 0.29) is 23.8 Å². The van der Waals surface area contributed by atoms with Gasteiger partial charge in [-0.15, -0.1) is 23.8 Å². The highest BCUT2D eigenvalue weighted by molar-refractivity contribution is 7.59. The second-order valence-corrected chi connectivity index (χ2v) is 20.7. The zero-order valence-corrected chi connectivity index (χ0v) is 24.2. The lowest BCUT2D eigenvalue weighted by Gasteiger charge is -2.34. The van der Waals surface area contributed by atoms with Crippen LogP contribution in [-0.4, -0.2) is 77.0 Å². The summed E-state index contributed by atoms with van der Waals surface area (Å²) >= 11 is 0. The van der Waals surface area contributed by atoms with Crippen LogP contribution in [0.5, 0.6) is 0 Å². The normalized spacial score (nSPS) is 13.5. The molecule has 0 unspecified atom stereocenters. The zero-order chi connectivity index (χ0) is 22.0. The van der Waals surface area contributed by atoms with Crippen LogP contribution in [0.2, 0.25) is 0 Å². The van der Waals surface area contributed by atoms with Crippen LogP contribution in [0, 0.1) is 0 Å². The van der Waals surface area contributed by atoms with Crippen molar-refractivity contribution in [1.82, 2.24) is 4.90 Å². The molecule has 0 aromatic carbocycles. The molecular weight excluding hydrogens is 395 g/mol. The van der Waals surface area contributed by atoms with Gasteiger partial charge < -0.3 is 4.90 Å². The van der Waals surface area contributed by atoms with Crippen LogP contribution in [0.3, 0.4) is 0 Å². The minimum Gasteiger partial charge on any atom is -0.302 e. The van der Waals surface area contributed by atoms with E-state index in [1.54, 1.807) is 0 Å². The van der Waals surface area contributed by atoms with Crippen LogP contribution in [-0.2, 0) is 0 Å². The molecule has 0 aromatic rings. The molecule has 0 heterocycles. The second kappa shape index (κ2) is 15.1. The standard InChI is InChI=1S/C24H54NP3/c1-19(2)26(20(3)4)16-13-25(14-17-27(21(5)6)22(7)8)15-18-28(23(9)10)24(11)12/h19-24H,13-18H2,1-12H3. The van der Waals surface area contributed by atoms with Crippen LogP contribution >= 0.6 is 23.8 Å². The molecule has 0 radical (unpaired) electrons. The summed E-state index contributed by atoms with van der Waals surface area (Å²) in [5, 5.41) is 0. The summed E-state index contributed by atoms with van der Waals surface area (Å²) in [4.78, 5) is 2.88. The van der Waals surface area contributed by atoms with Crippen LogP contribution in [0.1, 0.15) is 83.1 Å². The summed E-state index contributed by atoms with van der Waals surface area (Å²) in [7, 11) is 0.468. The molecule has 0 saturated carbocycles. The molecule has 0 aromatic heterocycles. The molecule has 170 valence electrons. The van der Waals surface area contributed by atoms with Crippen molar-refractivity contribution in [2.24, 2.45) is 0 Å². The summed E-state index contributed by atoms with van der Waals surface area (Å²) in [5.41, 5.74) is 5.19. The molecule has 0 saturated heterocycles. The number of hydrogen-bond acceptors (Lipinski definition) is 1. The van der Waals surface area contributed by atoms with Crippen LogP contribution < -0.4 is 0 Å². The van der Waals surface area contributed by atoms with Gasteiger partial charge >= 0.3 is 0 Å². The molecule has 0 aliphatic carbocycles. The first-order valence-corrected chi connectivity index (χ1v) is 16.9. The third-order valence-corrected chi connectivity index (χ3v) is 16.1. The quantitative estimate of drug-likeness (QED) is 0.228. The molecule has 28 heavy (non-hydrogen) atoms. The lowest BCUT2D eigenvalue weighted by atomic mass is 10.5. The first-order chi connectivity index (χ1) is 12.9. The van der Waals surface area contributed by atoms with E-state index in [4.69, 9.17) is 0 Å². The van der Waals surface area contributed by atoms with E-state index in [9.17, 15) is 0 Å². The van der Waals surface area contributed by atoms with Gasteiger partial charge in [-0.25, -0.2) is 0 Å². The molecule has 0 atom stereocenters. The van der Waals surface area contributed by atoms with E-state index >= 15 is 0 Å². The molecule has 0 spiro atoms. The minimum atomic E-state index is 0.156. The predicted molar refractivity (Wildman–Crippen MR) is 143 cm³/mol. The fourth-order valence-electron chi connectivity index (χ4n) is 4.44. The summed E-state index contributed by atoms with van der Waals surface area (Å²) in [6.45, 7) is 33.4. The highest BCUT2D eigenvalue weighted by atomic mass is 31.1. The summed E-state index contributed by atoms with van der Waals surface area (Å²) in [6.07, 6.45) is 4.31. The number of nitrogens with zero attached hydrogens (tertiary/aromatic N) is 1. The molecule has 4 heteroatoms. The average Bonchev–Trinajstić information content (AvgIpc) is 2.52. The molecular formula is C24H54NP3. The van der Waals surface area contributed by atoms with Gasteiger partial charge in [0.05, 0.1) is 0 Å². The van der Waals surface area contributed by atoms with Gasteiger partial charge in [-0.2, -0.15) is 0 Å².